The Morgan fingerprint density at radius 2 is 2.00 bits per heavy atom. The van der Waals surface area contributed by atoms with Gasteiger partial charge in [0.2, 0.25) is 5.91 Å². The van der Waals surface area contributed by atoms with E-state index in [-0.39, 0.29) is 11.9 Å². The Morgan fingerprint density at radius 3 is 2.68 bits per heavy atom. The molecule has 0 saturated heterocycles. The minimum atomic E-state index is -0.194. The maximum atomic E-state index is 11.9. The largest absolute Gasteiger partial charge is 0.325 e. The third kappa shape index (κ3) is 4.50. The summed E-state index contributed by atoms with van der Waals surface area (Å²) in [4.78, 5) is 13.3. The van der Waals surface area contributed by atoms with Gasteiger partial charge >= 0.3 is 0 Å². The second kappa shape index (κ2) is 7.07. The van der Waals surface area contributed by atoms with Gasteiger partial charge in [-0.3, -0.25) is 4.79 Å². The van der Waals surface area contributed by atoms with Crippen molar-refractivity contribution in [2.24, 2.45) is 0 Å². The molecule has 2 N–H and O–H groups in total. The van der Waals surface area contributed by atoms with Crippen molar-refractivity contribution >= 4 is 22.9 Å². The number of nitrogens with one attached hydrogen (secondary N) is 2. The summed E-state index contributed by atoms with van der Waals surface area (Å²) in [6.07, 6.45) is 0.959. The van der Waals surface area contributed by atoms with Gasteiger partial charge in [-0.25, -0.2) is 0 Å². The zero-order valence-electron chi connectivity index (χ0n) is 10.9. The molecule has 0 spiro atoms. The smallest absolute Gasteiger partial charge is 0.241 e. The van der Waals surface area contributed by atoms with Crippen LogP contribution in [0.4, 0.5) is 5.69 Å². The van der Waals surface area contributed by atoms with E-state index in [1.165, 1.54) is 4.88 Å². The van der Waals surface area contributed by atoms with E-state index < -0.39 is 0 Å². The van der Waals surface area contributed by atoms with Gasteiger partial charge in [-0.1, -0.05) is 24.3 Å². The maximum absolute atomic E-state index is 11.9. The highest BCUT2D eigenvalue weighted by molar-refractivity contribution is 7.09. The molecule has 0 aliphatic heterocycles. The van der Waals surface area contributed by atoms with Crippen LogP contribution in [0.25, 0.3) is 0 Å². The summed E-state index contributed by atoms with van der Waals surface area (Å²) in [6, 6.07) is 13.5. The molecule has 0 aliphatic rings. The molecule has 0 saturated carbocycles. The second-order valence-corrected chi connectivity index (χ2v) is 5.39. The lowest BCUT2D eigenvalue weighted by molar-refractivity contribution is -0.117. The number of anilines is 1. The first kappa shape index (κ1) is 13.8. The quantitative estimate of drug-likeness (QED) is 0.850. The highest BCUT2D eigenvalue weighted by Crippen LogP contribution is 2.08. The summed E-state index contributed by atoms with van der Waals surface area (Å²) in [6.45, 7) is 2.69. The first-order chi connectivity index (χ1) is 9.25. The normalized spacial score (nSPS) is 12.1. The first-order valence-electron chi connectivity index (χ1n) is 6.37. The number of carbonyl (C=O) groups excluding carboxylic acids is 1. The van der Waals surface area contributed by atoms with Crippen LogP contribution in [0.3, 0.4) is 0 Å². The van der Waals surface area contributed by atoms with Crippen LogP contribution in [0.2, 0.25) is 0 Å². The van der Waals surface area contributed by atoms with Crippen LogP contribution in [0.15, 0.2) is 47.8 Å². The van der Waals surface area contributed by atoms with E-state index in [1.807, 2.05) is 43.3 Å². The Hall–Kier alpha value is -1.65. The number of para-hydroxylation sites is 1. The number of thiophene rings is 1. The molecule has 1 aromatic carbocycles. The number of benzene rings is 1. The monoisotopic (exact) mass is 274 g/mol. The topological polar surface area (TPSA) is 41.1 Å². The van der Waals surface area contributed by atoms with Crippen LogP contribution in [-0.4, -0.2) is 18.5 Å². The Balaban J connectivity index is 1.73. The third-order valence-corrected chi connectivity index (χ3v) is 3.77. The Kier molecular flexibility index (Phi) is 5.12. The van der Waals surface area contributed by atoms with Crippen LogP contribution in [-0.2, 0) is 11.2 Å². The number of hydrogen-bond acceptors (Lipinski definition) is 3. The molecular formula is C15H18N2OS. The molecule has 2 rings (SSSR count). The van der Waals surface area contributed by atoms with E-state index in [1.54, 1.807) is 11.3 Å². The average molecular weight is 274 g/mol. The Labute approximate surface area is 117 Å². The number of hydrogen-bond donors (Lipinski definition) is 2. The molecule has 0 radical (unpaired) electrons. The summed E-state index contributed by atoms with van der Waals surface area (Å²) in [5.41, 5.74) is 0.833. The fraction of sp³-hybridized carbons (Fsp3) is 0.267. The first-order valence-corrected chi connectivity index (χ1v) is 7.25. The van der Waals surface area contributed by atoms with E-state index in [0.29, 0.717) is 0 Å². The minimum Gasteiger partial charge on any atom is -0.325 e. The summed E-state index contributed by atoms with van der Waals surface area (Å²) in [7, 11) is 0. The van der Waals surface area contributed by atoms with Gasteiger partial charge in [0.25, 0.3) is 0 Å². The fourth-order valence-electron chi connectivity index (χ4n) is 1.73. The molecular weight excluding hydrogens is 256 g/mol. The van der Waals surface area contributed by atoms with E-state index in [0.717, 1.165) is 18.7 Å². The minimum absolute atomic E-state index is 0.00243. The highest BCUT2D eigenvalue weighted by atomic mass is 32.1. The van der Waals surface area contributed by atoms with Crippen molar-refractivity contribution in [3.8, 4) is 0 Å². The molecule has 2 aromatic rings. The number of rotatable bonds is 6. The standard InChI is InChI=1S/C15H18N2OS/c1-12(16-10-9-14-8-5-11-19-14)15(18)17-13-6-3-2-4-7-13/h2-8,11-12,16H,9-10H2,1H3,(H,17,18). The molecule has 0 bridgehead atoms. The van der Waals surface area contributed by atoms with Gasteiger partial charge < -0.3 is 10.6 Å². The van der Waals surface area contributed by atoms with Crippen molar-refractivity contribution in [3.63, 3.8) is 0 Å². The molecule has 3 nitrogen and oxygen atoms in total. The van der Waals surface area contributed by atoms with Crippen molar-refractivity contribution in [3.05, 3.63) is 52.7 Å². The van der Waals surface area contributed by atoms with Crippen LogP contribution in [0.5, 0.6) is 0 Å². The van der Waals surface area contributed by atoms with Gasteiger partial charge in [0, 0.05) is 17.1 Å². The SMILES string of the molecule is CC(NCCc1cccs1)C(=O)Nc1ccccc1. The van der Waals surface area contributed by atoms with Crippen molar-refractivity contribution in [1.82, 2.24) is 5.32 Å². The lowest BCUT2D eigenvalue weighted by Gasteiger charge is -2.13. The third-order valence-electron chi connectivity index (χ3n) is 2.84. The Morgan fingerprint density at radius 1 is 1.21 bits per heavy atom. The maximum Gasteiger partial charge on any atom is 0.241 e. The molecule has 1 heterocycles. The molecule has 100 valence electrons. The van der Waals surface area contributed by atoms with E-state index in [2.05, 4.69) is 22.1 Å². The fourth-order valence-corrected chi connectivity index (χ4v) is 2.44. The molecule has 1 aromatic heterocycles. The summed E-state index contributed by atoms with van der Waals surface area (Å²) >= 11 is 1.75. The van der Waals surface area contributed by atoms with Gasteiger partial charge in [0.05, 0.1) is 6.04 Å². The van der Waals surface area contributed by atoms with Gasteiger partial charge in [0.15, 0.2) is 0 Å². The molecule has 1 atom stereocenters. The zero-order chi connectivity index (χ0) is 13.5. The van der Waals surface area contributed by atoms with Crippen molar-refractivity contribution in [2.45, 2.75) is 19.4 Å². The van der Waals surface area contributed by atoms with Gasteiger partial charge in [-0.2, -0.15) is 0 Å². The van der Waals surface area contributed by atoms with Crippen molar-refractivity contribution in [1.29, 1.82) is 0 Å². The molecule has 0 aliphatic carbocycles. The highest BCUT2D eigenvalue weighted by Gasteiger charge is 2.11. The summed E-state index contributed by atoms with van der Waals surface area (Å²) in [5, 5.41) is 8.19. The zero-order valence-corrected chi connectivity index (χ0v) is 11.7. The lowest BCUT2D eigenvalue weighted by atomic mass is 10.2. The van der Waals surface area contributed by atoms with Crippen LogP contribution < -0.4 is 10.6 Å². The predicted molar refractivity (Wildman–Crippen MR) is 80.6 cm³/mol. The molecule has 19 heavy (non-hydrogen) atoms. The van der Waals surface area contributed by atoms with Crippen molar-refractivity contribution in [2.75, 3.05) is 11.9 Å². The van der Waals surface area contributed by atoms with Gasteiger partial charge in [-0.15, -0.1) is 11.3 Å². The van der Waals surface area contributed by atoms with Gasteiger partial charge in [-0.05, 0) is 36.9 Å². The second-order valence-electron chi connectivity index (χ2n) is 4.36. The summed E-state index contributed by atoms with van der Waals surface area (Å²) < 4.78 is 0. The molecule has 4 heteroatoms. The molecule has 1 amide bonds. The summed E-state index contributed by atoms with van der Waals surface area (Å²) in [5.74, 6) is -0.00243. The van der Waals surface area contributed by atoms with Gasteiger partial charge in [0.1, 0.15) is 0 Å². The van der Waals surface area contributed by atoms with Crippen LogP contribution in [0.1, 0.15) is 11.8 Å². The van der Waals surface area contributed by atoms with Crippen LogP contribution >= 0.6 is 11.3 Å². The predicted octanol–water partition coefficient (Wildman–Crippen LogP) is 2.91. The molecule has 0 fully saturated rings. The van der Waals surface area contributed by atoms with E-state index in [4.69, 9.17) is 0 Å². The number of carbonyl (C=O) groups is 1. The molecule has 1 unspecified atom stereocenters. The Bertz CT molecular complexity index is 496. The van der Waals surface area contributed by atoms with E-state index in [9.17, 15) is 4.79 Å². The van der Waals surface area contributed by atoms with Crippen LogP contribution in [0, 0.1) is 0 Å². The number of amides is 1. The van der Waals surface area contributed by atoms with Crippen molar-refractivity contribution < 1.29 is 4.79 Å². The van der Waals surface area contributed by atoms with E-state index >= 15 is 0 Å². The lowest BCUT2D eigenvalue weighted by Crippen LogP contribution is -2.38. The average Bonchev–Trinajstić information content (AvgIpc) is 2.93.